The van der Waals surface area contributed by atoms with Gasteiger partial charge in [0.15, 0.2) is 0 Å². The molecule has 0 saturated heterocycles. The van der Waals surface area contributed by atoms with Crippen LogP contribution in [0.5, 0.6) is 0 Å². The van der Waals surface area contributed by atoms with E-state index in [0.717, 1.165) is 13.1 Å². The van der Waals surface area contributed by atoms with Crippen LogP contribution < -0.4 is 5.32 Å². The van der Waals surface area contributed by atoms with E-state index in [1.165, 1.54) is 47.7 Å². The van der Waals surface area contributed by atoms with E-state index in [4.69, 9.17) is 0 Å². The molecule has 1 aliphatic rings. The molecule has 98 valence electrons. The zero-order chi connectivity index (χ0) is 12.8. The number of hydrogen-bond acceptors (Lipinski definition) is 1. The Morgan fingerprint density at radius 1 is 1.28 bits per heavy atom. The Balaban J connectivity index is 1.71. The van der Waals surface area contributed by atoms with Gasteiger partial charge in [0.05, 0.1) is 0 Å². The summed E-state index contributed by atoms with van der Waals surface area (Å²) in [6, 6.07) is 6.57. The fraction of sp³-hybridized carbons (Fsp3) is 0.500. The maximum atomic E-state index is 3.54. The second-order valence-electron chi connectivity index (χ2n) is 5.12. The van der Waals surface area contributed by atoms with Gasteiger partial charge in [0.25, 0.3) is 0 Å². The molecule has 1 aromatic rings. The number of allylic oxidation sites excluding steroid dienone is 1. The first kappa shape index (κ1) is 13.8. The quantitative estimate of drug-likeness (QED) is 0.612. The first-order valence-electron chi connectivity index (χ1n) is 6.89. The first-order valence-corrected chi connectivity index (χ1v) is 7.68. The van der Waals surface area contributed by atoms with Crippen LogP contribution in [-0.2, 0) is 6.54 Å². The number of hydrogen-bond donors (Lipinski definition) is 1. The van der Waals surface area contributed by atoms with Gasteiger partial charge in [-0.1, -0.05) is 39.7 Å². The average Bonchev–Trinajstić information content (AvgIpc) is 2.40. The predicted molar refractivity (Wildman–Crippen MR) is 81.8 cm³/mol. The van der Waals surface area contributed by atoms with Crippen molar-refractivity contribution in [2.45, 2.75) is 45.6 Å². The molecule has 0 heterocycles. The summed E-state index contributed by atoms with van der Waals surface area (Å²) in [5.41, 5.74) is 4.33. The monoisotopic (exact) mass is 307 g/mol. The maximum absolute atomic E-state index is 3.54. The minimum absolute atomic E-state index is 0.974. The Bertz CT molecular complexity index is 423. The Morgan fingerprint density at radius 3 is 2.89 bits per heavy atom. The topological polar surface area (TPSA) is 12.0 Å². The van der Waals surface area contributed by atoms with E-state index in [1.54, 1.807) is 5.57 Å². The number of nitrogens with one attached hydrogen (secondary N) is 1. The van der Waals surface area contributed by atoms with Crippen LogP contribution in [0.15, 0.2) is 34.3 Å². The molecular formula is C16H22BrN. The first-order chi connectivity index (χ1) is 8.75. The lowest BCUT2D eigenvalue weighted by molar-refractivity contribution is 0.632. The van der Waals surface area contributed by atoms with Gasteiger partial charge < -0.3 is 5.32 Å². The number of halogens is 1. The van der Waals surface area contributed by atoms with E-state index in [2.05, 4.69) is 52.4 Å². The van der Waals surface area contributed by atoms with Crippen LogP contribution in [0.25, 0.3) is 0 Å². The van der Waals surface area contributed by atoms with Crippen LogP contribution in [0, 0.1) is 6.92 Å². The number of benzene rings is 1. The van der Waals surface area contributed by atoms with Crippen LogP contribution >= 0.6 is 15.9 Å². The van der Waals surface area contributed by atoms with Crippen molar-refractivity contribution >= 4 is 15.9 Å². The van der Waals surface area contributed by atoms with Crippen molar-refractivity contribution in [1.29, 1.82) is 0 Å². The van der Waals surface area contributed by atoms with E-state index in [0.29, 0.717) is 0 Å². The van der Waals surface area contributed by atoms with Crippen molar-refractivity contribution in [3.63, 3.8) is 0 Å². The minimum Gasteiger partial charge on any atom is -0.312 e. The third-order valence-electron chi connectivity index (χ3n) is 3.56. The average molecular weight is 308 g/mol. The van der Waals surface area contributed by atoms with Crippen LogP contribution in [0.4, 0.5) is 0 Å². The summed E-state index contributed by atoms with van der Waals surface area (Å²) < 4.78 is 1.19. The third-order valence-corrected chi connectivity index (χ3v) is 4.45. The largest absolute Gasteiger partial charge is 0.312 e. The second-order valence-corrected chi connectivity index (χ2v) is 5.97. The fourth-order valence-electron chi connectivity index (χ4n) is 2.43. The van der Waals surface area contributed by atoms with E-state index in [1.807, 2.05) is 0 Å². The molecule has 1 nitrogen and oxygen atoms in total. The van der Waals surface area contributed by atoms with Gasteiger partial charge in [-0.3, -0.25) is 0 Å². The van der Waals surface area contributed by atoms with Crippen molar-refractivity contribution in [3.05, 3.63) is 45.4 Å². The van der Waals surface area contributed by atoms with Crippen LogP contribution in [-0.4, -0.2) is 6.54 Å². The molecule has 0 aromatic heterocycles. The van der Waals surface area contributed by atoms with Gasteiger partial charge in [0.1, 0.15) is 0 Å². The van der Waals surface area contributed by atoms with Crippen molar-refractivity contribution in [1.82, 2.24) is 5.32 Å². The molecule has 2 heteroatoms. The Kier molecular flexibility index (Phi) is 5.45. The highest BCUT2D eigenvalue weighted by atomic mass is 79.9. The highest BCUT2D eigenvalue weighted by Gasteiger charge is 2.03. The second kappa shape index (κ2) is 7.10. The molecular weight excluding hydrogens is 286 g/mol. The normalized spacial score (nSPS) is 15.6. The molecule has 0 saturated carbocycles. The van der Waals surface area contributed by atoms with Crippen LogP contribution in [0.2, 0.25) is 0 Å². The predicted octanol–water partition coefficient (Wildman–Crippen LogP) is 4.74. The zero-order valence-corrected chi connectivity index (χ0v) is 12.7. The lowest BCUT2D eigenvalue weighted by atomic mass is 9.97. The molecule has 1 N–H and O–H groups in total. The third kappa shape index (κ3) is 4.25. The molecule has 0 radical (unpaired) electrons. The standard InChI is InChI=1S/C16H22BrN/c1-13-11-15(7-8-16(13)17)12-18-10-9-14-5-3-2-4-6-14/h5,7-8,11,18H,2-4,6,9-10,12H2,1H3. The molecule has 18 heavy (non-hydrogen) atoms. The molecule has 0 bridgehead atoms. The molecule has 0 fully saturated rings. The van der Waals surface area contributed by atoms with E-state index in [-0.39, 0.29) is 0 Å². The summed E-state index contributed by atoms with van der Waals surface area (Å²) in [5, 5.41) is 3.54. The van der Waals surface area contributed by atoms with Gasteiger partial charge >= 0.3 is 0 Å². The van der Waals surface area contributed by atoms with Crippen LogP contribution in [0.1, 0.15) is 43.2 Å². The summed E-state index contributed by atoms with van der Waals surface area (Å²) in [6.07, 6.45) is 9.04. The number of rotatable bonds is 5. The number of aryl methyl sites for hydroxylation is 1. The molecule has 0 aliphatic heterocycles. The Hall–Kier alpha value is -0.600. The van der Waals surface area contributed by atoms with E-state index in [9.17, 15) is 0 Å². The lowest BCUT2D eigenvalue weighted by Gasteiger charge is -2.13. The summed E-state index contributed by atoms with van der Waals surface area (Å²) >= 11 is 3.54. The van der Waals surface area contributed by atoms with Crippen molar-refractivity contribution in [2.24, 2.45) is 0 Å². The fourth-order valence-corrected chi connectivity index (χ4v) is 2.68. The van der Waals surface area contributed by atoms with Gasteiger partial charge in [0.2, 0.25) is 0 Å². The molecule has 0 spiro atoms. The molecule has 2 rings (SSSR count). The molecule has 0 amide bonds. The summed E-state index contributed by atoms with van der Waals surface area (Å²) in [4.78, 5) is 0. The molecule has 1 aromatic carbocycles. The van der Waals surface area contributed by atoms with Gasteiger partial charge in [-0.05, 0) is 62.8 Å². The lowest BCUT2D eigenvalue weighted by Crippen LogP contribution is -2.15. The van der Waals surface area contributed by atoms with Gasteiger partial charge in [-0.25, -0.2) is 0 Å². The highest BCUT2D eigenvalue weighted by molar-refractivity contribution is 9.10. The highest BCUT2D eigenvalue weighted by Crippen LogP contribution is 2.20. The Morgan fingerprint density at radius 2 is 2.17 bits per heavy atom. The van der Waals surface area contributed by atoms with E-state index < -0.39 is 0 Å². The van der Waals surface area contributed by atoms with Crippen LogP contribution in [0.3, 0.4) is 0 Å². The smallest absolute Gasteiger partial charge is 0.0205 e. The van der Waals surface area contributed by atoms with Gasteiger partial charge in [0, 0.05) is 11.0 Å². The molecule has 1 aliphatic carbocycles. The van der Waals surface area contributed by atoms with Gasteiger partial charge in [-0.15, -0.1) is 0 Å². The molecule has 0 unspecified atom stereocenters. The summed E-state index contributed by atoms with van der Waals surface area (Å²) in [6.45, 7) is 4.21. The van der Waals surface area contributed by atoms with E-state index >= 15 is 0 Å². The van der Waals surface area contributed by atoms with Crippen molar-refractivity contribution in [2.75, 3.05) is 6.54 Å². The summed E-state index contributed by atoms with van der Waals surface area (Å²) in [7, 11) is 0. The minimum atomic E-state index is 0.974. The van der Waals surface area contributed by atoms with Gasteiger partial charge in [-0.2, -0.15) is 0 Å². The SMILES string of the molecule is Cc1cc(CNCCC2=CCCCC2)ccc1Br. The molecule has 0 atom stereocenters. The summed E-state index contributed by atoms with van der Waals surface area (Å²) in [5.74, 6) is 0. The maximum Gasteiger partial charge on any atom is 0.0205 e. The zero-order valence-electron chi connectivity index (χ0n) is 11.1. The van der Waals surface area contributed by atoms with Crippen molar-refractivity contribution < 1.29 is 0 Å². The Labute approximate surface area is 119 Å². The van der Waals surface area contributed by atoms with Crippen molar-refractivity contribution in [3.8, 4) is 0 Å².